The lowest BCUT2D eigenvalue weighted by atomic mass is 10.1. The van der Waals surface area contributed by atoms with Crippen molar-refractivity contribution in [2.75, 3.05) is 11.1 Å². The molecule has 0 fully saturated rings. The number of nitrogens with one attached hydrogen (secondary N) is 1. The number of hydrogen-bond donors (Lipinski definition) is 2. The number of aryl methyl sites for hydroxylation is 1. The van der Waals surface area contributed by atoms with E-state index in [0.29, 0.717) is 5.69 Å². The zero-order valence-corrected chi connectivity index (χ0v) is 12.3. The first-order chi connectivity index (χ1) is 10.2. The van der Waals surface area contributed by atoms with E-state index in [-0.39, 0.29) is 11.6 Å². The Morgan fingerprint density at radius 1 is 1.19 bits per heavy atom. The summed E-state index contributed by atoms with van der Waals surface area (Å²) in [6.07, 6.45) is 6.31. The van der Waals surface area contributed by atoms with Crippen molar-refractivity contribution in [2.24, 2.45) is 0 Å². The molecule has 1 heterocycles. The molecule has 0 aliphatic rings. The second-order valence-corrected chi connectivity index (χ2v) is 5.05. The fourth-order valence-corrected chi connectivity index (χ4v) is 2.13. The van der Waals surface area contributed by atoms with Crippen molar-refractivity contribution < 1.29 is 4.79 Å². The first kappa shape index (κ1) is 15.0. The van der Waals surface area contributed by atoms with Crippen molar-refractivity contribution in [1.29, 1.82) is 0 Å². The van der Waals surface area contributed by atoms with Crippen molar-refractivity contribution in [2.45, 2.75) is 32.6 Å². The average molecular weight is 283 g/mol. The van der Waals surface area contributed by atoms with Gasteiger partial charge >= 0.3 is 0 Å². The molecule has 0 atom stereocenters. The molecule has 0 saturated heterocycles. The van der Waals surface area contributed by atoms with E-state index in [1.165, 1.54) is 24.8 Å². The maximum absolute atomic E-state index is 12.1. The van der Waals surface area contributed by atoms with Crippen LogP contribution in [0.15, 0.2) is 42.6 Å². The van der Waals surface area contributed by atoms with Crippen LogP contribution in [0.25, 0.3) is 0 Å². The van der Waals surface area contributed by atoms with Gasteiger partial charge in [-0.1, -0.05) is 31.9 Å². The van der Waals surface area contributed by atoms with Gasteiger partial charge in [0.15, 0.2) is 5.69 Å². The summed E-state index contributed by atoms with van der Waals surface area (Å²) in [5, 5.41) is 2.81. The number of hydrogen-bond acceptors (Lipinski definition) is 3. The minimum atomic E-state index is -0.285. The van der Waals surface area contributed by atoms with E-state index in [2.05, 4.69) is 17.2 Å². The van der Waals surface area contributed by atoms with Gasteiger partial charge in [0.1, 0.15) is 0 Å². The summed E-state index contributed by atoms with van der Waals surface area (Å²) in [6.45, 7) is 2.20. The number of amides is 1. The average Bonchev–Trinajstić information content (AvgIpc) is 2.49. The lowest BCUT2D eigenvalue weighted by Crippen LogP contribution is -2.15. The molecule has 0 spiro atoms. The highest BCUT2D eigenvalue weighted by Crippen LogP contribution is 2.14. The minimum Gasteiger partial charge on any atom is -0.397 e. The van der Waals surface area contributed by atoms with Crippen LogP contribution < -0.4 is 11.1 Å². The summed E-state index contributed by atoms with van der Waals surface area (Å²) in [6, 6.07) is 11.3. The van der Waals surface area contributed by atoms with Crippen LogP contribution in [0.5, 0.6) is 0 Å². The predicted molar refractivity (Wildman–Crippen MR) is 86.3 cm³/mol. The molecule has 2 rings (SSSR count). The van der Waals surface area contributed by atoms with E-state index in [4.69, 9.17) is 5.73 Å². The molecule has 21 heavy (non-hydrogen) atoms. The number of nitrogens with two attached hydrogens (primary N) is 1. The van der Waals surface area contributed by atoms with Crippen LogP contribution in [0.1, 0.15) is 42.2 Å². The predicted octanol–water partition coefficient (Wildman–Crippen LogP) is 3.65. The quantitative estimate of drug-likeness (QED) is 0.795. The number of aromatic nitrogens is 1. The Hall–Kier alpha value is -2.36. The van der Waals surface area contributed by atoms with Gasteiger partial charge < -0.3 is 11.1 Å². The Balaban J connectivity index is 1.97. The van der Waals surface area contributed by atoms with Crippen LogP contribution in [0.2, 0.25) is 0 Å². The lowest BCUT2D eigenvalue weighted by Gasteiger charge is -2.07. The van der Waals surface area contributed by atoms with Gasteiger partial charge in [0.25, 0.3) is 5.91 Å². The third kappa shape index (κ3) is 4.31. The largest absolute Gasteiger partial charge is 0.397 e. The van der Waals surface area contributed by atoms with E-state index in [0.717, 1.165) is 12.1 Å². The molecule has 0 unspecified atom stereocenters. The molecule has 0 aliphatic carbocycles. The third-order valence-corrected chi connectivity index (χ3v) is 3.33. The number of nitrogen functional groups attached to an aromatic ring is 1. The number of unbranched alkanes of at least 4 members (excludes halogenated alkanes) is 2. The summed E-state index contributed by atoms with van der Waals surface area (Å²) in [5.74, 6) is -0.285. The normalized spacial score (nSPS) is 10.3. The zero-order chi connectivity index (χ0) is 15.1. The first-order valence-corrected chi connectivity index (χ1v) is 7.31. The van der Waals surface area contributed by atoms with E-state index >= 15 is 0 Å². The van der Waals surface area contributed by atoms with Crippen molar-refractivity contribution in [3.8, 4) is 0 Å². The maximum atomic E-state index is 12.1. The molecular weight excluding hydrogens is 262 g/mol. The fourth-order valence-electron chi connectivity index (χ4n) is 2.13. The molecule has 0 saturated carbocycles. The van der Waals surface area contributed by atoms with Gasteiger partial charge in [-0.05, 0) is 42.7 Å². The number of rotatable bonds is 6. The molecule has 1 aromatic heterocycles. The maximum Gasteiger partial charge on any atom is 0.276 e. The van der Waals surface area contributed by atoms with E-state index in [1.54, 1.807) is 18.3 Å². The summed E-state index contributed by atoms with van der Waals surface area (Å²) >= 11 is 0. The van der Waals surface area contributed by atoms with Crippen LogP contribution in [-0.2, 0) is 6.42 Å². The Kier molecular flexibility index (Phi) is 5.32. The molecule has 110 valence electrons. The molecule has 2 aromatic rings. The third-order valence-electron chi connectivity index (χ3n) is 3.33. The fraction of sp³-hybridized carbons (Fsp3) is 0.294. The summed E-state index contributed by atoms with van der Waals surface area (Å²) in [7, 11) is 0. The Labute approximate surface area is 125 Å². The second kappa shape index (κ2) is 7.43. The van der Waals surface area contributed by atoms with Gasteiger partial charge in [-0.15, -0.1) is 0 Å². The number of pyridine rings is 1. The van der Waals surface area contributed by atoms with Crippen LogP contribution in [0.4, 0.5) is 11.4 Å². The second-order valence-electron chi connectivity index (χ2n) is 5.05. The highest BCUT2D eigenvalue weighted by atomic mass is 16.1. The molecular formula is C17H21N3O. The van der Waals surface area contributed by atoms with Gasteiger partial charge in [-0.25, -0.2) is 4.98 Å². The molecule has 0 aliphatic heterocycles. The van der Waals surface area contributed by atoms with Crippen LogP contribution in [-0.4, -0.2) is 10.9 Å². The number of carbonyl (C=O) groups excluding carboxylic acids is 1. The first-order valence-electron chi connectivity index (χ1n) is 7.31. The van der Waals surface area contributed by atoms with Gasteiger partial charge in [-0.3, -0.25) is 4.79 Å². The minimum absolute atomic E-state index is 0.254. The number of nitrogens with zero attached hydrogens (tertiary/aromatic N) is 1. The van der Waals surface area contributed by atoms with E-state index in [1.807, 2.05) is 24.3 Å². The highest BCUT2D eigenvalue weighted by Gasteiger charge is 2.10. The zero-order valence-electron chi connectivity index (χ0n) is 12.3. The lowest BCUT2D eigenvalue weighted by molar-refractivity contribution is 0.102. The summed E-state index contributed by atoms with van der Waals surface area (Å²) < 4.78 is 0. The molecule has 1 aromatic carbocycles. The van der Waals surface area contributed by atoms with Crippen molar-refractivity contribution in [3.05, 3.63) is 53.9 Å². The summed E-state index contributed by atoms with van der Waals surface area (Å²) in [5.41, 5.74) is 8.42. The van der Waals surface area contributed by atoms with Gasteiger partial charge in [0.2, 0.25) is 0 Å². The van der Waals surface area contributed by atoms with Crippen molar-refractivity contribution >= 4 is 17.3 Å². The van der Waals surface area contributed by atoms with Crippen LogP contribution >= 0.6 is 0 Å². The van der Waals surface area contributed by atoms with Crippen molar-refractivity contribution in [1.82, 2.24) is 4.98 Å². The van der Waals surface area contributed by atoms with Crippen LogP contribution in [0, 0.1) is 0 Å². The molecule has 3 N–H and O–H groups in total. The number of anilines is 2. The molecule has 4 heteroatoms. The van der Waals surface area contributed by atoms with Gasteiger partial charge in [-0.2, -0.15) is 0 Å². The Morgan fingerprint density at radius 3 is 2.62 bits per heavy atom. The number of benzene rings is 1. The topological polar surface area (TPSA) is 68.0 Å². The molecule has 4 nitrogen and oxygen atoms in total. The molecule has 0 bridgehead atoms. The molecule has 0 radical (unpaired) electrons. The van der Waals surface area contributed by atoms with Gasteiger partial charge in [0.05, 0.1) is 5.69 Å². The van der Waals surface area contributed by atoms with Crippen LogP contribution in [0.3, 0.4) is 0 Å². The van der Waals surface area contributed by atoms with E-state index in [9.17, 15) is 4.79 Å². The SMILES string of the molecule is CCCCCc1ccc(NC(=O)c2ncccc2N)cc1. The van der Waals surface area contributed by atoms with Gasteiger partial charge in [0, 0.05) is 11.9 Å². The number of carbonyl (C=O) groups is 1. The summed E-state index contributed by atoms with van der Waals surface area (Å²) in [4.78, 5) is 16.1. The Morgan fingerprint density at radius 2 is 1.95 bits per heavy atom. The molecule has 1 amide bonds. The van der Waals surface area contributed by atoms with Crippen molar-refractivity contribution in [3.63, 3.8) is 0 Å². The standard InChI is InChI=1S/C17H21N3O/c1-2-3-4-6-13-8-10-14(11-9-13)20-17(21)16-15(18)7-5-12-19-16/h5,7-12H,2-4,6,18H2,1H3,(H,20,21). The monoisotopic (exact) mass is 283 g/mol. The highest BCUT2D eigenvalue weighted by molar-refractivity contribution is 6.06. The smallest absolute Gasteiger partial charge is 0.276 e. The Bertz CT molecular complexity index is 593. The van der Waals surface area contributed by atoms with E-state index < -0.39 is 0 Å².